The highest BCUT2D eigenvalue weighted by molar-refractivity contribution is 14.1. The molecular formula is C8H12IN5. The molecule has 1 fully saturated rings. The number of nitrogens with two attached hydrogens (primary N) is 4. The van der Waals surface area contributed by atoms with E-state index in [9.17, 15) is 0 Å². The molecule has 1 saturated heterocycles. The van der Waals surface area contributed by atoms with E-state index in [1.54, 1.807) is 0 Å². The van der Waals surface area contributed by atoms with Crippen molar-refractivity contribution in [3.05, 3.63) is 3.57 Å². The topological polar surface area (TPSA) is 107 Å². The van der Waals surface area contributed by atoms with Gasteiger partial charge < -0.3 is 27.8 Å². The number of hydrogen-bond donors (Lipinski definition) is 4. The predicted molar refractivity (Wildman–Crippen MR) is 69.0 cm³/mol. The minimum absolute atomic E-state index is 0.387. The van der Waals surface area contributed by atoms with Gasteiger partial charge in [-0.05, 0) is 22.6 Å². The number of halogens is 1. The van der Waals surface area contributed by atoms with Gasteiger partial charge in [0.2, 0.25) is 0 Å². The van der Waals surface area contributed by atoms with Crippen molar-refractivity contribution in [3.8, 4) is 0 Å². The molecule has 0 spiro atoms. The minimum Gasteiger partial charge on any atom is -0.396 e. The highest BCUT2D eigenvalue weighted by Crippen LogP contribution is 2.44. The fraction of sp³-hybridized carbons (Fsp3) is 0.250. The van der Waals surface area contributed by atoms with E-state index in [1.807, 2.05) is 0 Å². The quantitative estimate of drug-likeness (QED) is 0.342. The van der Waals surface area contributed by atoms with Gasteiger partial charge in [-0.25, -0.2) is 0 Å². The summed E-state index contributed by atoms with van der Waals surface area (Å²) in [5.74, 6) is 0. The van der Waals surface area contributed by atoms with Crippen molar-refractivity contribution in [2.45, 2.75) is 0 Å². The van der Waals surface area contributed by atoms with Crippen LogP contribution in [0.3, 0.4) is 0 Å². The van der Waals surface area contributed by atoms with Gasteiger partial charge in [0.05, 0.1) is 32.0 Å². The summed E-state index contributed by atoms with van der Waals surface area (Å²) in [5.41, 5.74) is 26.0. The number of nitrogens with zero attached hydrogens (tertiary/aromatic N) is 1. The second-order valence-corrected chi connectivity index (χ2v) is 4.38. The van der Waals surface area contributed by atoms with Crippen LogP contribution in [0.25, 0.3) is 0 Å². The Morgan fingerprint density at radius 1 is 0.857 bits per heavy atom. The van der Waals surface area contributed by atoms with Crippen molar-refractivity contribution in [2.24, 2.45) is 0 Å². The normalized spacial score (nSPS) is 14.5. The third-order valence-corrected chi connectivity index (χ3v) is 3.43. The Balaban J connectivity index is 2.69. The van der Waals surface area contributed by atoms with Gasteiger partial charge in [0.1, 0.15) is 0 Å². The summed E-state index contributed by atoms with van der Waals surface area (Å²) in [5, 5.41) is 0. The van der Waals surface area contributed by atoms with Gasteiger partial charge in [-0.3, -0.25) is 0 Å². The molecule has 0 aliphatic carbocycles. The molecule has 1 aromatic rings. The van der Waals surface area contributed by atoms with Crippen LogP contribution in [0, 0.1) is 3.57 Å². The van der Waals surface area contributed by atoms with Crippen molar-refractivity contribution >= 4 is 51.0 Å². The molecule has 0 saturated carbocycles. The lowest BCUT2D eigenvalue weighted by molar-refractivity contribution is 1.38. The zero-order valence-electron chi connectivity index (χ0n) is 7.55. The Hall–Kier alpha value is -1.05. The van der Waals surface area contributed by atoms with Gasteiger partial charge in [-0.1, -0.05) is 0 Å². The predicted octanol–water partition coefficient (Wildman–Crippen LogP) is 0.440. The first-order valence-electron chi connectivity index (χ1n) is 4.20. The molecule has 1 aliphatic rings. The van der Waals surface area contributed by atoms with E-state index in [1.165, 1.54) is 0 Å². The summed E-state index contributed by atoms with van der Waals surface area (Å²) in [6.45, 7) is 2.01. The molecule has 5 nitrogen and oxygen atoms in total. The zero-order chi connectivity index (χ0) is 10.5. The monoisotopic (exact) mass is 305 g/mol. The Morgan fingerprint density at radius 3 is 1.86 bits per heavy atom. The zero-order valence-corrected chi connectivity index (χ0v) is 9.71. The molecule has 76 valence electrons. The van der Waals surface area contributed by atoms with Gasteiger partial charge in [0, 0.05) is 13.1 Å². The molecule has 1 heterocycles. The maximum atomic E-state index is 5.89. The van der Waals surface area contributed by atoms with Crippen molar-refractivity contribution in [1.82, 2.24) is 0 Å². The summed E-state index contributed by atoms with van der Waals surface area (Å²) >= 11 is 2.15. The molecule has 2 rings (SSSR count). The summed E-state index contributed by atoms with van der Waals surface area (Å²) in [4.78, 5) is 2.11. The third-order valence-electron chi connectivity index (χ3n) is 2.33. The van der Waals surface area contributed by atoms with Crippen LogP contribution in [0.15, 0.2) is 0 Å². The van der Waals surface area contributed by atoms with E-state index in [4.69, 9.17) is 22.9 Å². The molecule has 6 heteroatoms. The lowest BCUT2D eigenvalue weighted by Gasteiger charge is -2.16. The SMILES string of the molecule is Nc1c(N)c(N)c(N2CC2)c(I)c1N. The summed E-state index contributed by atoms with van der Waals surface area (Å²) < 4.78 is 0.893. The smallest absolute Gasteiger partial charge is 0.0825 e. The Labute approximate surface area is 95.5 Å². The average Bonchev–Trinajstić information content (AvgIpc) is 2.96. The average molecular weight is 305 g/mol. The van der Waals surface area contributed by atoms with Crippen LogP contribution in [-0.2, 0) is 0 Å². The molecule has 0 bridgehead atoms. The van der Waals surface area contributed by atoms with Gasteiger partial charge >= 0.3 is 0 Å². The molecule has 1 aliphatic heterocycles. The van der Waals surface area contributed by atoms with Crippen LogP contribution >= 0.6 is 22.6 Å². The molecule has 1 aromatic carbocycles. The van der Waals surface area contributed by atoms with Crippen LogP contribution in [0.4, 0.5) is 28.4 Å². The van der Waals surface area contributed by atoms with Gasteiger partial charge in [0.15, 0.2) is 0 Å². The molecule has 0 radical (unpaired) electrons. The molecule has 0 amide bonds. The van der Waals surface area contributed by atoms with Crippen molar-refractivity contribution in [3.63, 3.8) is 0 Å². The highest BCUT2D eigenvalue weighted by Gasteiger charge is 2.26. The lowest BCUT2D eigenvalue weighted by atomic mass is 10.1. The second kappa shape index (κ2) is 2.97. The molecule has 0 aromatic heterocycles. The van der Waals surface area contributed by atoms with Crippen molar-refractivity contribution < 1.29 is 0 Å². The first-order valence-corrected chi connectivity index (χ1v) is 5.28. The van der Waals surface area contributed by atoms with E-state index in [-0.39, 0.29) is 0 Å². The Kier molecular flexibility index (Phi) is 2.02. The van der Waals surface area contributed by atoms with Crippen LogP contribution < -0.4 is 27.8 Å². The lowest BCUT2D eigenvalue weighted by Crippen LogP contribution is -2.10. The number of nitrogen functional groups attached to an aromatic ring is 4. The first-order chi connectivity index (χ1) is 6.54. The van der Waals surface area contributed by atoms with Crippen LogP contribution in [-0.4, -0.2) is 13.1 Å². The van der Waals surface area contributed by atoms with Gasteiger partial charge in [-0.2, -0.15) is 0 Å². The number of hydrogen-bond acceptors (Lipinski definition) is 5. The largest absolute Gasteiger partial charge is 0.396 e. The summed E-state index contributed by atoms with van der Waals surface area (Å²) in [6, 6.07) is 0. The van der Waals surface area contributed by atoms with Crippen LogP contribution in [0.2, 0.25) is 0 Å². The minimum atomic E-state index is 0.387. The summed E-state index contributed by atoms with van der Waals surface area (Å²) in [7, 11) is 0. The van der Waals surface area contributed by atoms with Crippen LogP contribution in [0.1, 0.15) is 0 Å². The number of rotatable bonds is 1. The first kappa shape index (κ1) is 9.50. The number of benzene rings is 1. The third kappa shape index (κ3) is 1.21. The maximum absolute atomic E-state index is 5.89. The van der Waals surface area contributed by atoms with Crippen molar-refractivity contribution in [2.75, 3.05) is 40.9 Å². The second-order valence-electron chi connectivity index (χ2n) is 3.30. The Bertz CT molecular complexity index is 370. The van der Waals surface area contributed by atoms with Crippen molar-refractivity contribution in [1.29, 1.82) is 0 Å². The molecular weight excluding hydrogens is 293 g/mol. The van der Waals surface area contributed by atoms with Gasteiger partial charge in [-0.15, -0.1) is 0 Å². The number of anilines is 5. The van der Waals surface area contributed by atoms with E-state index < -0.39 is 0 Å². The standard InChI is InChI=1S/C8H12IN5/c9-3-4(10)5(11)6(12)7(13)8(3)14-1-2-14/h1-2,10-13H2. The highest BCUT2D eigenvalue weighted by atomic mass is 127. The molecule has 14 heavy (non-hydrogen) atoms. The Morgan fingerprint density at radius 2 is 1.36 bits per heavy atom. The molecule has 0 atom stereocenters. The molecule has 8 N–H and O–H groups in total. The fourth-order valence-electron chi connectivity index (χ4n) is 1.36. The maximum Gasteiger partial charge on any atom is 0.0825 e. The summed E-state index contributed by atoms with van der Waals surface area (Å²) in [6.07, 6.45) is 0. The fourth-order valence-corrected chi connectivity index (χ4v) is 2.29. The van der Waals surface area contributed by atoms with Gasteiger partial charge in [0.25, 0.3) is 0 Å². The van der Waals surface area contributed by atoms with E-state index in [0.717, 1.165) is 22.3 Å². The van der Waals surface area contributed by atoms with E-state index in [2.05, 4.69) is 27.5 Å². The molecule has 0 unspecified atom stereocenters. The van der Waals surface area contributed by atoms with Crippen LogP contribution in [0.5, 0.6) is 0 Å². The van der Waals surface area contributed by atoms with E-state index in [0.29, 0.717) is 22.7 Å². The van der Waals surface area contributed by atoms with E-state index >= 15 is 0 Å².